The summed E-state index contributed by atoms with van der Waals surface area (Å²) in [5.74, 6) is -0.457. The predicted octanol–water partition coefficient (Wildman–Crippen LogP) is 4.08. The number of rotatable bonds is 6. The molecule has 1 rings (SSSR count). The molecule has 1 atom stereocenters. The first-order valence-corrected chi connectivity index (χ1v) is 8.73. The first kappa shape index (κ1) is 18.4. The van der Waals surface area contributed by atoms with Gasteiger partial charge >= 0.3 is 12.0 Å². The first-order valence-electron chi connectivity index (χ1n) is 5.79. The van der Waals surface area contributed by atoms with E-state index in [9.17, 15) is 9.59 Å². The van der Waals surface area contributed by atoms with E-state index in [0.717, 1.165) is 0 Å². The highest BCUT2D eigenvalue weighted by atomic mass is 79.9. The molecule has 0 fully saturated rings. The van der Waals surface area contributed by atoms with Gasteiger partial charge in [-0.25, -0.2) is 9.59 Å². The van der Waals surface area contributed by atoms with Gasteiger partial charge in [-0.15, -0.1) is 0 Å². The van der Waals surface area contributed by atoms with E-state index in [2.05, 4.69) is 26.6 Å². The van der Waals surface area contributed by atoms with Crippen molar-refractivity contribution in [3.05, 3.63) is 26.7 Å². The van der Waals surface area contributed by atoms with Gasteiger partial charge in [0.2, 0.25) is 0 Å². The monoisotopic (exact) mass is 414 g/mol. The number of hydrogen-bond acceptors (Lipinski definition) is 3. The van der Waals surface area contributed by atoms with Crippen LogP contribution in [0.4, 0.5) is 10.5 Å². The van der Waals surface area contributed by atoms with Crippen LogP contribution >= 0.6 is 50.9 Å². The summed E-state index contributed by atoms with van der Waals surface area (Å²) in [6.07, 6.45) is 2.20. The van der Waals surface area contributed by atoms with Crippen molar-refractivity contribution in [3.63, 3.8) is 0 Å². The van der Waals surface area contributed by atoms with Crippen molar-refractivity contribution >= 4 is 68.6 Å². The van der Waals surface area contributed by atoms with Crippen molar-refractivity contribution in [2.75, 3.05) is 17.3 Å². The quantitative estimate of drug-likeness (QED) is 0.611. The molecule has 21 heavy (non-hydrogen) atoms. The summed E-state index contributed by atoms with van der Waals surface area (Å²) in [7, 11) is 0. The van der Waals surface area contributed by atoms with Gasteiger partial charge in [-0.3, -0.25) is 0 Å². The van der Waals surface area contributed by atoms with Crippen LogP contribution < -0.4 is 10.6 Å². The Labute approximate surface area is 144 Å². The van der Waals surface area contributed by atoms with Crippen molar-refractivity contribution < 1.29 is 14.7 Å². The van der Waals surface area contributed by atoms with Crippen LogP contribution in [0.5, 0.6) is 0 Å². The number of nitrogens with one attached hydrogen (secondary N) is 2. The summed E-state index contributed by atoms with van der Waals surface area (Å²) in [4.78, 5) is 22.9. The molecule has 1 aromatic carbocycles. The lowest BCUT2D eigenvalue weighted by molar-refractivity contribution is -0.139. The number of carboxylic acid groups (broad SMARTS) is 1. The summed E-state index contributed by atoms with van der Waals surface area (Å²) in [5.41, 5.74) is 0.302. The highest BCUT2D eigenvalue weighted by molar-refractivity contribution is 9.10. The number of amides is 2. The molecule has 1 aromatic rings. The summed E-state index contributed by atoms with van der Waals surface area (Å²) in [6, 6.07) is 1.59. The molecule has 116 valence electrons. The Morgan fingerprint density at radius 3 is 2.62 bits per heavy atom. The number of anilines is 1. The topological polar surface area (TPSA) is 78.4 Å². The summed E-state index contributed by atoms with van der Waals surface area (Å²) >= 11 is 16.7. The number of carboxylic acids is 1. The maximum atomic E-state index is 11.8. The van der Waals surface area contributed by atoms with E-state index in [1.54, 1.807) is 12.1 Å². The number of aliphatic carboxylic acids is 1. The van der Waals surface area contributed by atoms with Crippen LogP contribution in [0.2, 0.25) is 10.0 Å². The second-order valence-corrected chi connectivity index (χ2v) is 6.59. The lowest BCUT2D eigenvalue weighted by Gasteiger charge is -2.15. The van der Waals surface area contributed by atoms with E-state index < -0.39 is 18.0 Å². The molecule has 0 saturated carbocycles. The third kappa shape index (κ3) is 5.58. The Morgan fingerprint density at radius 1 is 1.38 bits per heavy atom. The molecule has 0 aliphatic rings. The summed E-state index contributed by atoms with van der Waals surface area (Å²) < 4.78 is 0.600. The second kappa shape index (κ2) is 8.73. The molecule has 9 heteroatoms. The van der Waals surface area contributed by atoms with E-state index in [1.807, 2.05) is 6.26 Å². The zero-order valence-electron chi connectivity index (χ0n) is 11.0. The number of hydrogen-bond donors (Lipinski definition) is 3. The Bertz CT molecular complexity index is 545. The fraction of sp³-hybridized carbons (Fsp3) is 0.333. The minimum absolute atomic E-state index is 0.178. The standard InChI is InChI=1S/C12H13BrCl2N2O3S/c1-21-5-4-8(11(18)19)17-12(20)16-7-3-2-6(13)9(14)10(7)15/h2-3,8H,4-5H2,1H3,(H,18,19)(H2,16,17,20)/t8-/m1/s1. The lowest BCUT2D eigenvalue weighted by atomic mass is 10.2. The molecule has 0 unspecified atom stereocenters. The van der Waals surface area contributed by atoms with Gasteiger partial charge in [-0.2, -0.15) is 11.8 Å². The highest BCUT2D eigenvalue weighted by Crippen LogP contribution is 2.35. The van der Waals surface area contributed by atoms with Gasteiger partial charge in [-0.05, 0) is 46.5 Å². The van der Waals surface area contributed by atoms with Crippen LogP contribution in [0, 0.1) is 0 Å². The van der Waals surface area contributed by atoms with Crippen molar-refractivity contribution in [1.29, 1.82) is 0 Å². The molecular weight excluding hydrogens is 403 g/mol. The molecule has 3 N–H and O–H groups in total. The third-order valence-electron chi connectivity index (χ3n) is 2.50. The Kier molecular flexibility index (Phi) is 7.65. The van der Waals surface area contributed by atoms with Gasteiger partial charge in [-0.1, -0.05) is 23.2 Å². The number of carbonyl (C=O) groups excluding carboxylic acids is 1. The zero-order valence-corrected chi connectivity index (χ0v) is 14.9. The van der Waals surface area contributed by atoms with Gasteiger partial charge in [0.25, 0.3) is 0 Å². The molecule has 0 aliphatic carbocycles. The SMILES string of the molecule is CSCC[C@@H](NC(=O)Nc1ccc(Br)c(Cl)c1Cl)C(=O)O. The molecule has 2 amide bonds. The molecule has 0 aromatic heterocycles. The number of halogens is 3. The third-order valence-corrected chi connectivity index (χ3v) is 4.91. The Morgan fingerprint density at radius 2 is 2.05 bits per heavy atom. The first-order chi connectivity index (χ1) is 9.86. The molecule has 5 nitrogen and oxygen atoms in total. The van der Waals surface area contributed by atoms with E-state index in [-0.39, 0.29) is 10.0 Å². The average Bonchev–Trinajstić information content (AvgIpc) is 2.43. The highest BCUT2D eigenvalue weighted by Gasteiger charge is 2.20. The minimum Gasteiger partial charge on any atom is -0.480 e. The van der Waals surface area contributed by atoms with Crippen LogP contribution in [-0.2, 0) is 4.79 Å². The van der Waals surface area contributed by atoms with Crippen molar-refractivity contribution in [2.45, 2.75) is 12.5 Å². The van der Waals surface area contributed by atoms with Gasteiger partial charge in [0.15, 0.2) is 0 Å². The van der Waals surface area contributed by atoms with Crippen LogP contribution in [0.25, 0.3) is 0 Å². The van der Waals surface area contributed by atoms with Crippen molar-refractivity contribution in [2.24, 2.45) is 0 Å². The van der Waals surface area contributed by atoms with Crippen LogP contribution in [0.3, 0.4) is 0 Å². The predicted molar refractivity (Wildman–Crippen MR) is 90.7 cm³/mol. The summed E-state index contributed by atoms with van der Waals surface area (Å²) in [5, 5.41) is 14.4. The smallest absolute Gasteiger partial charge is 0.326 e. The van der Waals surface area contributed by atoms with E-state index >= 15 is 0 Å². The van der Waals surface area contributed by atoms with Gasteiger partial charge in [0.05, 0.1) is 15.7 Å². The molecule has 0 spiro atoms. The molecule has 0 radical (unpaired) electrons. The normalized spacial score (nSPS) is 11.8. The summed E-state index contributed by atoms with van der Waals surface area (Å²) in [6.45, 7) is 0. The lowest BCUT2D eigenvalue weighted by Crippen LogP contribution is -2.43. The van der Waals surface area contributed by atoms with Crippen LogP contribution in [0.1, 0.15) is 6.42 Å². The van der Waals surface area contributed by atoms with E-state index in [0.29, 0.717) is 22.3 Å². The molecule has 0 aliphatic heterocycles. The minimum atomic E-state index is -1.08. The maximum absolute atomic E-state index is 11.8. The van der Waals surface area contributed by atoms with Gasteiger partial charge in [0, 0.05) is 4.47 Å². The van der Waals surface area contributed by atoms with Crippen molar-refractivity contribution in [1.82, 2.24) is 5.32 Å². The fourth-order valence-corrected chi connectivity index (χ4v) is 2.72. The van der Waals surface area contributed by atoms with Crippen LogP contribution in [0.15, 0.2) is 16.6 Å². The number of urea groups is 1. The average molecular weight is 416 g/mol. The molecule has 0 saturated heterocycles. The van der Waals surface area contributed by atoms with Crippen LogP contribution in [-0.4, -0.2) is 35.2 Å². The Hall–Kier alpha value is -0.630. The Balaban J connectivity index is 2.72. The fourth-order valence-electron chi connectivity index (χ4n) is 1.43. The molecular formula is C12H13BrCl2N2O3S. The molecule has 0 bridgehead atoms. The number of benzene rings is 1. The van der Waals surface area contributed by atoms with Crippen molar-refractivity contribution in [3.8, 4) is 0 Å². The second-order valence-electron chi connectivity index (χ2n) is 3.99. The van der Waals surface area contributed by atoms with Gasteiger partial charge in [0.1, 0.15) is 6.04 Å². The van der Waals surface area contributed by atoms with E-state index in [1.165, 1.54) is 11.8 Å². The van der Waals surface area contributed by atoms with Gasteiger partial charge < -0.3 is 15.7 Å². The zero-order chi connectivity index (χ0) is 16.0. The number of thioether (sulfide) groups is 1. The van der Waals surface area contributed by atoms with E-state index in [4.69, 9.17) is 28.3 Å². The number of carbonyl (C=O) groups is 2. The maximum Gasteiger partial charge on any atom is 0.326 e. The molecule has 0 heterocycles. The largest absolute Gasteiger partial charge is 0.480 e.